The van der Waals surface area contributed by atoms with Gasteiger partial charge in [-0.1, -0.05) is 24.3 Å². The number of hydrogen-bond acceptors (Lipinski definition) is 5. The molecule has 2 amide bonds. The molecule has 4 rings (SSSR count). The van der Waals surface area contributed by atoms with Gasteiger partial charge in [-0.15, -0.1) is 0 Å². The topological polar surface area (TPSA) is 92.9 Å². The summed E-state index contributed by atoms with van der Waals surface area (Å²) in [7, 11) is 3.09. The molecule has 3 aromatic rings. The highest BCUT2D eigenvalue weighted by Crippen LogP contribution is 2.31. The number of carbonyl (C=O) groups is 2. The third-order valence-electron chi connectivity index (χ3n) is 5.99. The molecule has 2 N–H and O–H groups in total. The number of amides is 2. The van der Waals surface area contributed by atoms with Gasteiger partial charge in [0.15, 0.2) is 11.5 Å². The lowest BCUT2D eigenvalue weighted by Gasteiger charge is -2.22. The van der Waals surface area contributed by atoms with Gasteiger partial charge in [-0.25, -0.2) is 0 Å². The quantitative estimate of drug-likeness (QED) is 0.621. The molecule has 2 aromatic carbocycles. The zero-order chi connectivity index (χ0) is 23.9. The van der Waals surface area contributed by atoms with Gasteiger partial charge in [-0.05, 0) is 42.2 Å². The van der Waals surface area contributed by atoms with Crippen LogP contribution in [0.2, 0.25) is 0 Å². The first kappa shape index (κ1) is 23.6. The number of ether oxygens (including phenoxy) is 3. The number of hydrogen-bond donors (Lipinski definition) is 2. The molecular formula is C26H31N3O5. The molecule has 0 atom stereocenters. The predicted molar refractivity (Wildman–Crippen MR) is 129 cm³/mol. The number of aromatic nitrogens is 1. The van der Waals surface area contributed by atoms with E-state index < -0.39 is 0 Å². The summed E-state index contributed by atoms with van der Waals surface area (Å²) in [6.07, 6.45) is 1.95. The summed E-state index contributed by atoms with van der Waals surface area (Å²) < 4.78 is 16.5. The number of fused-ring (bicyclic) bond motifs is 5. The van der Waals surface area contributed by atoms with Gasteiger partial charge in [-0.2, -0.15) is 0 Å². The highest BCUT2D eigenvalue weighted by atomic mass is 16.5. The fraction of sp³-hybridized carbons (Fsp3) is 0.385. The van der Waals surface area contributed by atoms with E-state index >= 15 is 0 Å². The summed E-state index contributed by atoms with van der Waals surface area (Å²) in [5.41, 5.74) is 4.44. The number of para-hydroxylation sites is 1. The fourth-order valence-electron chi connectivity index (χ4n) is 4.34. The van der Waals surface area contributed by atoms with Gasteiger partial charge in [0.25, 0.3) is 0 Å². The Morgan fingerprint density at radius 3 is 2.85 bits per heavy atom. The molecule has 8 nitrogen and oxygen atoms in total. The molecule has 8 heteroatoms. The number of H-pyrrole nitrogens is 1. The van der Waals surface area contributed by atoms with Crippen LogP contribution in [-0.4, -0.2) is 68.8 Å². The minimum Gasteiger partial charge on any atom is -0.493 e. The second kappa shape index (κ2) is 11.1. The molecule has 0 saturated heterocycles. The van der Waals surface area contributed by atoms with Crippen LogP contribution < -0.4 is 14.8 Å². The lowest BCUT2D eigenvalue weighted by molar-refractivity contribution is -0.139. The van der Waals surface area contributed by atoms with E-state index in [2.05, 4.69) is 22.4 Å². The second-order valence-electron chi connectivity index (χ2n) is 8.34. The molecule has 0 aliphatic carbocycles. The van der Waals surface area contributed by atoms with Crippen LogP contribution in [0.1, 0.15) is 23.2 Å². The van der Waals surface area contributed by atoms with Gasteiger partial charge in [0.2, 0.25) is 11.8 Å². The van der Waals surface area contributed by atoms with Gasteiger partial charge in [0, 0.05) is 43.2 Å². The third kappa shape index (κ3) is 5.51. The number of carbonyl (C=O) groups excluding carboxylic acids is 2. The number of benzene rings is 2. The summed E-state index contributed by atoms with van der Waals surface area (Å²) in [4.78, 5) is 30.1. The van der Waals surface area contributed by atoms with Crippen LogP contribution in [0.4, 0.5) is 0 Å². The van der Waals surface area contributed by atoms with E-state index in [1.165, 1.54) is 17.6 Å². The molecular weight excluding hydrogens is 434 g/mol. The largest absolute Gasteiger partial charge is 0.493 e. The summed E-state index contributed by atoms with van der Waals surface area (Å²) in [5.74, 6) is 0.911. The SMILES string of the molecule is COCC(=O)N1CCCOc2cc(ccc2OC)Cc2[nH]c3ccccc3c2CCNC(=O)C1. The average Bonchev–Trinajstić information content (AvgIpc) is 3.17. The number of rotatable bonds is 3. The Labute approximate surface area is 199 Å². The normalized spacial score (nSPS) is 15.4. The first-order chi connectivity index (χ1) is 16.6. The van der Waals surface area contributed by atoms with Crippen molar-refractivity contribution in [3.05, 3.63) is 59.3 Å². The Kier molecular flexibility index (Phi) is 7.69. The van der Waals surface area contributed by atoms with Crippen LogP contribution in [-0.2, 0) is 27.2 Å². The van der Waals surface area contributed by atoms with E-state index in [9.17, 15) is 9.59 Å². The molecule has 0 fully saturated rings. The number of aromatic amines is 1. The lowest BCUT2D eigenvalue weighted by atomic mass is 10.0. The second-order valence-corrected chi connectivity index (χ2v) is 8.34. The molecule has 1 aliphatic rings. The van der Waals surface area contributed by atoms with Crippen molar-refractivity contribution < 1.29 is 23.8 Å². The highest BCUT2D eigenvalue weighted by Gasteiger charge is 2.19. The molecule has 2 bridgehead atoms. The van der Waals surface area contributed by atoms with E-state index in [1.54, 1.807) is 7.11 Å². The fourth-order valence-corrected chi connectivity index (χ4v) is 4.34. The Bertz CT molecular complexity index is 1160. The average molecular weight is 466 g/mol. The van der Waals surface area contributed by atoms with Gasteiger partial charge < -0.3 is 29.4 Å². The van der Waals surface area contributed by atoms with Crippen molar-refractivity contribution in [1.82, 2.24) is 15.2 Å². The molecule has 180 valence electrons. The van der Waals surface area contributed by atoms with Gasteiger partial charge >= 0.3 is 0 Å². The molecule has 0 saturated carbocycles. The zero-order valence-corrected chi connectivity index (χ0v) is 19.7. The zero-order valence-electron chi connectivity index (χ0n) is 19.7. The molecule has 0 unspecified atom stereocenters. The molecule has 1 aromatic heterocycles. The van der Waals surface area contributed by atoms with Crippen molar-refractivity contribution >= 4 is 22.7 Å². The van der Waals surface area contributed by atoms with Crippen LogP contribution in [0.5, 0.6) is 11.5 Å². The van der Waals surface area contributed by atoms with E-state index in [-0.39, 0.29) is 25.0 Å². The maximum absolute atomic E-state index is 12.6. The van der Waals surface area contributed by atoms with Crippen molar-refractivity contribution in [1.29, 1.82) is 0 Å². The number of nitrogens with zero attached hydrogens (tertiary/aromatic N) is 1. The van der Waals surface area contributed by atoms with Gasteiger partial charge in [0.1, 0.15) is 6.61 Å². The maximum Gasteiger partial charge on any atom is 0.249 e. The van der Waals surface area contributed by atoms with Crippen LogP contribution in [0.15, 0.2) is 42.5 Å². The lowest BCUT2D eigenvalue weighted by Crippen LogP contribution is -2.43. The minimum atomic E-state index is -0.225. The summed E-state index contributed by atoms with van der Waals surface area (Å²) in [6, 6.07) is 14.2. The highest BCUT2D eigenvalue weighted by molar-refractivity contribution is 5.86. The van der Waals surface area contributed by atoms with Crippen molar-refractivity contribution in [2.45, 2.75) is 19.3 Å². The molecule has 0 spiro atoms. The number of nitrogens with one attached hydrogen (secondary N) is 2. The maximum atomic E-state index is 12.6. The molecule has 34 heavy (non-hydrogen) atoms. The molecule has 2 heterocycles. The monoisotopic (exact) mass is 465 g/mol. The van der Waals surface area contributed by atoms with Gasteiger partial charge in [-0.3, -0.25) is 9.59 Å². The smallest absolute Gasteiger partial charge is 0.249 e. The Morgan fingerprint density at radius 1 is 1.18 bits per heavy atom. The van der Waals surface area contributed by atoms with Gasteiger partial charge in [0.05, 0.1) is 20.3 Å². The summed E-state index contributed by atoms with van der Waals surface area (Å²) in [5, 5.41) is 4.12. The summed E-state index contributed by atoms with van der Waals surface area (Å²) in [6.45, 7) is 1.18. The van der Waals surface area contributed by atoms with E-state index in [0.29, 0.717) is 50.5 Å². The van der Waals surface area contributed by atoms with E-state index in [1.807, 2.05) is 30.3 Å². The molecule has 1 aliphatic heterocycles. The summed E-state index contributed by atoms with van der Waals surface area (Å²) >= 11 is 0. The molecule has 0 radical (unpaired) electrons. The third-order valence-corrected chi connectivity index (χ3v) is 5.99. The Balaban J connectivity index is 1.65. The van der Waals surface area contributed by atoms with E-state index in [0.717, 1.165) is 22.2 Å². The first-order valence-corrected chi connectivity index (χ1v) is 11.5. The van der Waals surface area contributed by atoms with Crippen molar-refractivity contribution in [3.8, 4) is 11.5 Å². The minimum absolute atomic E-state index is 0.0122. The van der Waals surface area contributed by atoms with Crippen LogP contribution >= 0.6 is 0 Å². The van der Waals surface area contributed by atoms with Crippen LogP contribution in [0.3, 0.4) is 0 Å². The Morgan fingerprint density at radius 2 is 2.03 bits per heavy atom. The number of methoxy groups -OCH3 is 2. The van der Waals surface area contributed by atoms with Crippen molar-refractivity contribution in [3.63, 3.8) is 0 Å². The standard InChI is InChI=1S/C26H31N3O5/c1-32-17-26(31)29-12-5-13-34-24-15-18(8-9-23(24)33-2)14-22-20(10-11-27-25(30)16-29)19-6-3-4-7-21(19)28-22/h3-4,6-9,15,28H,5,10-14,16-17H2,1-2H3,(H,27,30). The Hall–Kier alpha value is -3.52. The van der Waals surface area contributed by atoms with Crippen LogP contribution in [0, 0.1) is 0 Å². The van der Waals surface area contributed by atoms with Crippen LogP contribution in [0.25, 0.3) is 10.9 Å². The van der Waals surface area contributed by atoms with Crippen molar-refractivity contribution in [2.75, 3.05) is 47.1 Å². The predicted octanol–water partition coefficient (Wildman–Crippen LogP) is 2.68. The van der Waals surface area contributed by atoms with Crippen molar-refractivity contribution in [2.24, 2.45) is 0 Å². The van der Waals surface area contributed by atoms with E-state index in [4.69, 9.17) is 14.2 Å². The first-order valence-electron chi connectivity index (χ1n) is 11.5.